The third kappa shape index (κ3) is 3.40. The van der Waals surface area contributed by atoms with E-state index < -0.39 is 11.0 Å². The number of anilines is 1. The van der Waals surface area contributed by atoms with Crippen LogP contribution in [0.5, 0.6) is 0 Å². The molecule has 7 nitrogen and oxygen atoms in total. The highest BCUT2D eigenvalue weighted by atomic mass is 16.6. The zero-order valence-corrected chi connectivity index (χ0v) is 9.96. The lowest BCUT2D eigenvalue weighted by Crippen LogP contribution is -2.20. The van der Waals surface area contributed by atoms with Crippen molar-refractivity contribution in [2.45, 2.75) is 25.9 Å². The van der Waals surface area contributed by atoms with Gasteiger partial charge in [0.15, 0.2) is 0 Å². The Morgan fingerprint density at radius 2 is 2.44 bits per heavy atom. The molecule has 1 atom stereocenters. The van der Waals surface area contributed by atoms with Gasteiger partial charge < -0.3 is 10.4 Å². The molecule has 7 heteroatoms. The van der Waals surface area contributed by atoms with Crippen molar-refractivity contribution in [1.82, 2.24) is 4.98 Å². The number of pyridine rings is 1. The highest BCUT2D eigenvalue weighted by Gasteiger charge is 2.21. The molecule has 0 aliphatic carbocycles. The Labute approximate surface area is 104 Å². The lowest BCUT2D eigenvalue weighted by atomic mass is 10.2. The van der Waals surface area contributed by atoms with E-state index in [4.69, 9.17) is 5.26 Å². The smallest absolute Gasteiger partial charge is 0.328 e. The van der Waals surface area contributed by atoms with Crippen molar-refractivity contribution in [2.24, 2.45) is 0 Å². The molecule has 0 aliphatic heterocycles. The van der Waals surface area contributed by atoms with Crippen LogP contribution in [-0.2, 0) is 0 Å². The van der Waals surface area contributed by atoms with Crippen molar-refractivity contribution in [2.75, 3.05) is 11.9 Å². The minimum Gasteiger partial charge on any atom is -0.391 e. The van der Waals surface area contributed by atoms with Gasteiger partial charge in [-0.2, -0.15) is 5.26 Å². The standard InChI is InChI=1S/C11H14N4O3/c1-2-3-9(16)7-14-11-10(15(17)18)8(6-12)4-5-13-11/h4-5,9,16H,2-3,7H2,1H3,(H,13,14). The zero-order chi connectivity index (χ0) is 13.5. The Morgan fingerprint density at radius 3 is 3.00 bits per heavy atom. The first-order valence-corrected chi connectivity index (χ1v) is 5.55. The summed E-state index contributed by atoms with van der Waals surface area (Å²) in [5, 5.41) is 31.9. The molecule has 0 bridgehead atoms. The third-order valence-corrected chi connectivity index (χ3v) is 2.35. The fourth-order valence-corrected chi connectivity index (χ4v) is 1.51. The average molecular weight is 250 g/mol. The molecule has 0 saturated carbocycles. The first kappa shape index (κ1) is 13.9. The largest absolute Gasteiger partial charge is 0.391 e. The molecule has 1 aromatic rings. The van der Waals surface area contributed by atoms with E-state index in [9.17, 15) is 15.2 Å². The topological polar surface area (TPSA) is 112 Å². The highest BCUT2D eigenvalue weighted by molar-refractivity contribution is 5.64. The summed E-state index contributed by atoms with van der Waals surface area (Å²) in [6.07, 6.45) is 2.14. The summed E-state index contributed by atoms with van der Waals surface area (Å²) in [6, 6.07) is 3.03. The van der Waals surface area contributed by atoms with Crippen LogP contribution in [0.25, 0.3) is 0 Å². The van der Waals surface area contributed by atoms with Crippen LogP contribution in [0.3, 0.4) is 0 Å². The second-order valence-electron chi connectivity index (χ2n) is 3.75. The van der Waals surface area contributed by atoms with Gasteiger partial charge in [-0.15, -0.1) is 0 Å². The quantitative estimate of drug-likeness (QED) is 0.583. The summed E-state index contributed by atoms with van der Waals surface area (Å²) in [5.41, 5.74) is -0.411. The molecule has 1 heterocycles. The summed E-state index contributed by atoms with van der Waals surface area (Å²) in [7, 11) is 0. The number of rotatable bonds is 6. The lowest BCUT2D eigenvalue weighted by Gasteiger charge is -2.11. The molecule has 0 aromatic carbocycles. The summed E-state index contributed by atoms with van der Waals surface area (Å²) in [5.74, 6) is 0.00852. The summed E-state index contributed by atoms with van der Waals surface area (Å²) < 4.78 is 0. The van der Waals surface area contributed by atoms with E-state index in [1.165, 1.54) is 12.3 Å². The Hall–Kier alpha value is -2.20. The number of aliphatic hydroxyl groups is 1. The van der Waals surface area contributed by atoms with E-state index in [0.29, 0.717) is 6.42 Å². The monoisotopic (exact) mass is 250 g/mol. The number of aromatic nitrogens is 1. The number of aliphatic hydroxyl groups excluding tert-OH is 1. The minimum atomic E-state index is -0.653. The maximum absolute atomic E-state index is 10.9. The summed E-state index contributed by atoms with van der Waals surface area (Å²) in [6.45, 7) is 2.09. The molecule has 0 fully saturated rings. The van der Waals surface area contributed by atoms with E-state index in [-0.39, 0.29) is 23.6 Å². The van der Waals surface area contributed by atoms with Crippen LogP contribution < -0.4 is 5.32 Å². The number of nitriles is 1. The minimum absolute atomic E-state index is 0.00852. The average Bonchev–Trinajstić information content (AvgIpc) is 2.35. The molecule has 0 radical (unpaired) electrons. The fraction of sp³-hybridized carbons (Fsp3) is 0.455. The van der Waals surface area contributed by atoms with E-state index in [0.717, 1.165) is 6.42 Å². The van der Waals surface area contributed by atoms with Crippen molar-refractivity contribution < 1.29 is 10.0 Å². The Kier molecular flexibility index (Phi) is 5.02. The SMILES string of the molecule is CCCC(O)CNc1nccc(C#N)c1[N+](=O)[O-]. The number of hydrogen-bond donors (Lipinski definition) is 2. The maximum atomic E-state index is 10.9. The van der Waals surface area contributed by atoms with Crippen LogP contribution in [0.2, 0.25) is 0 Å². The van der Waals surface area contributed by atoms with Crippen LogP contribution in [0.15, 0.2) is 12.3 Å². The lowest BCUT2D eigenvalue weighted by molar-refractivity contribution is -0.384. The molecule has 0 saturated heterocycles. The molecular formula is C11H14N4O3. The van der Waals surface area contributed by atoms with Gasteiger partial charge in [-0.05, 0) is 12.5 Å². The molecule has 2 N–H and O–H groups in total. The van der Waals surface area contributed by atoms with Gasteiger partial charge in [-0.3, -0.25) is 10.1 Å². The summed E-state index contributed by atoms with van der Waals surface area (Å²) in [4.78, 5) is 14.1. The number of nitro groups is 1. The molecule has 1 rings (SSSR count). The van der Waals surface area contributed by atoms with Crippen LogP contribution in [0, 0.1) is 21.4 Å². The predicted molar refractivity (Wildman–Crippen MR) is 65.0 cm³/mol. The van der Waals surface area contributed by atoms with Crippen molar-refractivity contribution in [3.8, 4) is 6.07 Å². The fourth-order valence-electron chi connectivity index (χ4n) is 1.51. The first-order chi connectivity index (χ1) is 8.60. The van der Waals surface area contributed by atoms with E-state index in [2.05, 4.69) is 10.3 Å². The number of nitrogens with zero attached hydrogens (tertiary/aromatic N) is 3. The van der Waals surface area contributed by atoms with Gasteiger partial charge in [0.05, 0.1) is 11.0 Å². The molecule has 96 valence electrons. The van der Waals surface area contributed by atoms with Gasteiger partial charge in [0.1, 0.15) is 11.6 Å². The second-order valence-corrected chi connectivity index (χ2v) is 3.75. The van der Waals surface area contributed by atoms with Gasteiger partial charge in [0.2, 0.25) is 5.82 Å². The van der Waals surface area contributed by atoms with Gasteiger partial charge in [-0.1, -0.05) is 13.3 Å². The number of nitrogens with one attached hydrogen (secondary N) is 1. The molecule has 0 spiro atoms. The molecule has 18 heavy (non-hydrogen) atoms. The Bertz CT molecular complexity index is 470. The highest BCUT2D eigenvalue weighted by Crippen LogP contribution is 2.25. The molecular weight excluding hydrogens is 236 g/mol. The van der Waals surface area contributed by atoms with E-state index >= 15 is 0 Å². The molecule has 1 aromatic heterocycles. The van der Waals surface area contributed by atoms with Crippen LogP contribution >= 0.6 is 0 Å². The van der Waals surface area contributed by atoms with Gasteiger partial charge in [-0.25, -0.2) is 4.98 Å². The summed E-state index contributed by atoms with van der Waals surface area (Å²) >= 11 is 0. The van der Waals surface area contributed by atoms with Crippen LogP contribution in [0.4, 0.5) is 11.5 Å². The van der Waals surface area contributed by atoms with Gasteiger partial charge in [0.25, 0.3) is 0 Å². The first-order valence-electron chi connectivity index (χ1n) is 5.55. The molecule has 1 unspecified atom stereocenters. The maximum Gasteiger partial charge on any atom is 0.328 e. The van der Waals surface area contributed by atoms with E-state index in [1.807, 2.05) is 6.92 Å². The van der Waals surface area contributed by atoms with Crippen molar-refractivity contribution in [1.29, 1.82) is 5.26 Å². The molecule has 0 amide bonds. The normalized spacial score (nSPS) is 11.6. The van der Waals surface area contributed by atoms with Gasteiger partial charge in [0, 0.05) is 12.7 Å². The van der Waals surface area contributed by atoms with Crippen LogP contribution in [-0.4, -0.2) is 27.7 Å². The van der Waals surface area contributed by atoms with Crippen molar-refractivity contribution in [3.63, 3.8) is 0 Å². The number of hydrogen-bond acceptors (Lipinski definition) is 6. The Balaban J connectivity index is 2.89. The molecule has 0 aliphatic rings. The van der Waals surface area contributed by atoms with Gasteiger partial charge >= 0.3 is 5.69 Å². The second kappa shape index (κ2) is 6.51. The van der Waals surface area contributed by atoms with Crippen LogP contribution in [0.1, 0.15) is 25.3 Å². The van der Waals surface area contributed by atoms with Crippen molar-refractivity contribution in [3.05, 3.63) is 27.9 Å². The van der Waals surface area contributed by atoms with Crippen molar-refractivity contribution >= 4 is 11.5 Å². The van der Waals surface area contributed by atoms with E-state index in [1.54, 1.807) is 6.07 Å². The Morgan fingerprint density at radius 1 is 1.72 bits per heavy atom. The zero-order valence-electron chi connectivity index (χ0n) is 9.96. The third-order valence-electron chi connectivity index (χ3n) is 2.35. The predicted octanol–water partition coefficient (Wildman–Crippen LogP) is 1.43.